The number of aliphatic carboxylic acids is 1. The van der Waals surface area contributed by atoms with Gasteiger partial charge in [0.2, 0.25) is 0 Å². The average Bonchev–Trinajstić information content (AvgIpc) is 2.18. The molecule has 0 radical (unpaired) electrons. The molecule has 0 aliphatic carbocycles. The number of carboxylic acid groups (broad SMARTS) is 1. The lowest BCUT2D eigenvalue weighted by Gasteiger charge is -1.97. The van der Waals surface area contributed by atoms with Gasteiger partial charge in [0, 0.05) is 11.9 Å². The van der Waals surface area contributed by atoms with Crippen molar-refractivity contribution < 1.29 is 15.4 Å². The third kappa shape index (κ3) is 3.19. The Balaban J connectivity index is 2.92. The van der Waals surface area contributed by atoms with Crippen molar-refractivity contribution in [2.75, 3.05) is 0 Å². The molecule has 0 aromatic heterocycles. The van der Waals surface area contributed by atoms with Gasteiger partial charge in [-0.2, -0.15) is 0 Å². The molecule has 1 aromatic rings. The van der Waals surface area contributed by atoms with E-state index >= 15 is 0 Å². The molecular formula is C10H12O2. The Morgan fingerprint density at radius 3 is 2.67 bits per heavy atom. The molecule has 0 atom stereocenters. The van der Waals surface area contributed by atoms with Gasteiger partial charge in [-0.1, -0.05) is 30.3 Å². The van der Waals surface area contributed by atoms with Crippen LogP contribution in [0.2, 0.25) is 0 Å². The first-order chi connectivity index (χ1) is 7.27. The van der Waals surface area contributed by atoms with Crippen molar-refractivity contribution in [1.82, 2.24) is 0 Å². The van der Waals surface area contributed by atoms with Crippen LogP contribution >= 0.6 is 0 Å². The molecule has 1 aromatic carbocycles. The SMILES string of the molecule is [2H]C([2H])(Cc1ccccc1)C([2H])([2H])C(=O)O. The summed E-state index contributed by atoms with van der Waals surface area (Å²) in [5.41, 5.74) is 0.567. The van der Waals surface area contributed by atoms with Crippen molar-refractivity contribution in [3.05, 3.63) is 35.9 Å². The van der Waals surface area contributed by atoms with Gasteiger partial charge in [0.05, 0.1) is 0 Å². The third-order valence-electron chi connectivity index (χ3n) is 1.33. The second-order valence-corrected chi connectivity index (χ2v) is 2.27. The van der Waals surface area contributed by atoms with Crippen molar-refractivity contribution in [3.63, 3.8) is 0 Å². The lowest BCUT2D eigenvalue weighted by molar-refractivity contribution is -0.137. The lowest BCUT2D eigenvalue weighted by atomic mass is 10.1. The van der Waals surface area contributed by atoms with Crippen molar-refractivity contribution >= 4 is 5.97 Å². The molecule has 2 nitrogen and oxygen atoms in total. The molecule has 0 amide bonds. The molecule has 64 valence electrons. The predicted octanol–water partition coefficient (Wildman–Crippen LogP) is 2.09. The maximum atomic E-state index is 10.6. The Morgan fingerprint density at radius 1 is 1.42 bits per heavy atom. The lowest BCUT2D eigenvalue weighted by Crippen LogP contribution is -1.95. The van der Waals surface area contributed by atoms with E-state index in [1.165, 1.54) is 0 Å². The minimum Gasteiger partial charge on any atom is -0.481 e. The molecule has 12 heavy (non-hydrogen) atoms. The van der Waals surface area contributed by atoms with E-state index < -0.39 is 18.7 Å². The second-order valence-electron chi connectivity index (χ2n) is 2.27. The summed E-state index contributed by atoms with van der Waals surface area (Å²) in [4.78, 5) is 10.6. The van der Waals surface area contributed by atoms with Gasteiger partial charge in [-0.05, 0) is 18.4 Å². The molecule has 1 rings (SSSR count). The number of hydrogen-bond donors (Lipinski definition) is 1. The maximum absolute atomic E-state index is 10.6. The zero-order chi connectivity index (χ0) is 12.4. The van der Waals surface area contributed by atoms with Gasteiger partial charge in [-0.3, -0.25) is 4.79 Å². The molecule has 0 heterocycles. The highest BCUT2D eigenvalue weighted by Crippen LogP contribution is 2.03. The fourth-order valence-electron chi connectivity index (χ4n) is 0.818. The van der Waals surface area contributed by atoms with Crippen LogP contribution in [0.3, 0.4) is 0 Å². The Morgan fingerprint density at radius 2 is 2.08 bits per heavy atom. The quantitative estimate of drug-likeness (QED) is 0.747. The Kier molecular flexibility index (Phi) is 1.76. The zero-order valence-electron chi connectivity index (χ0n) is 10.4. The summed E-state index contributed by atoms with van der Waals surface area (Å²) >= 11 is 0. The van der Waals surface area contributed by atoms with Crippen LogP contribution in [0.15, 0.2) is 30.3 Å². The summed E-state index contributed by atoms with van der Waals surface area (Å²) in [5.74, 6) is -1.78. The topological polar surface area (TPSA) is 37.3 Å². The molecular weight excluding hydrogens is 152 g/mol. The number of carboxylic acids is 1. The van der Waals surface area contributed by atoms with Gasteiger partial charge in [0.15, 0.2) is 0 Å². The Bertz CT molecular complexity index is 376. The molecule has 0 saturated carbocycles. The normalized spacial score (nSPS) is 17.0. The summed E-state index contributed by atoms with van der Waals surface area (Å²) in [7, 11) is 0. The molecule has 0 fully saturated rings. The van der Waals surface area contributed by atoms with Gasteiger partial charge < -0.3 is 5.11 Å². The number of hydrogen-bond acceptors (Lipinski definition) is 1. The van der Waals surface area contributed by atoms with E-state index in [1.54, 1.807) is 30.3 Å². The van der Waals surface area contributed by atoms with E-state index in [0.717, 1.165) is 0 Å². The standard InChI is InChI=1S/C10H12O2/c11-10(12)8-4-7-9-5-2-1-3-6-9/h1-3,5-6H,4,7-8H2,(H,11,12)/i4D2,8D2. The molecule has 0 saturated heterocycles. The monoisotopic (exact) mass is 168 g/mol. The molecule has 1 N–H and O–H groups in total. The molecule has 0 bridgehead atoms. The van der Waals surface area contributed by atoms with Gasteiger partial charge in [0.25, 0.3) is 0 Å². The van der Waals surface area contributed by atoms with E-state index in [0.29, 0.717) is 5.56 Å². The highest BCUT2D eigenvalue weighted by atomic mass is 16.4. The first kappa shape index (κ1) is 4.65. The number of benzene rings is 1. The van der Waals surface area contributed by atoms with Crippen LogP contribution < -0.4 is 0 Å². The molecule has 0 aliphatic rings. The van der Waals surface area contributed by atoms with Crippen LogP contribution in [-0.4, -0.2) is 11.1 Å². The molecule has 2 heteroatoms. The van der Waals surface area contributed by atoms with E-state index in [2.05, 4.69) is 0 Å². The highest BCUT2D eigenvalue weighted by Gasteiger charge is 1.96. The summed E-state index contributed by atoms with van der Waals surface area (Å²) in [6.07, 6.45) is -5.61. The Hall–Kier alpha value is -1.31. The fourth-order valence-corrected chi connectivity index (χ4v) is 0.818. The number of carbonyl (C=O) groups is 1. The van der Waals surface area contributed by atoms with Crippen molar-refractivity contribution in [3.8, 4) is 0 Å². The minimum absolute atomic E-state index is 0.271. The first-order valence-corrected chi connectivity index (χ1v) is 3.55. The van der Waals surface area contributed by atoms with Gasteiger partial charge >= 0.3 is 5.97 Å². The van der Waals surface area contributed by atoms with Crippen molar-refractivity contribution in [1.29, 1.82) is 0 Å². The minimum atomic E-state index is -2.90. The van der Waals surface area contributed by atoms with E-state index in [4.69, 9.17) is 10.6 Å². The van der Waals surface area contributed by atoms with Crippen molar-refractivity contribution in [2.24, 2.45) is 0 Å². The van der Waals surface area contributed by atoms with Gasteiger partial charge in [0.1, 0.15) is 0 Å². The van der Waals surface area contributed by atoms with E-state index in [1.807, 2.05) is 0 Å². The Labute approximate surface area is 77.5 Å². The predicted molar refractivity (Wildman–Crippen MR) is 47.0 cm³/mol. The summed E-state index contributed by atoms with van der Waals surface area (Å²) in [6, 6.07) is 8.42. The summed E-state index contributed by atoms with van der Waals surface area (Å²) in [6.45, 7) is 0. The van der Waals surface area contributed by atoms with Crippen LogP contribution in [0.4, 0.5) is 0 Å². The average molecular weight is 168 g/mol. The summed E-state index contributed by atoms with van der Waals surface area (Å²) < 4.78 is 29.5. The fraction of sp³-hybridized carbons (Fsp3) is 0.300. The zero-order valence-corrected chi connectivity index (χ0v) is 6.45. The van der Waals surface area contributed by atoms with Crippen LogP contribution in [0.5, 0.6) is 0 Å². The third-order valence-corrected chi connectivity index (χ3v) is 1.33. The highest BCUT2D eigenvalue weighted by molar-refractivity contribution is 5.66. The van der Waals surface area contributed by atoms with Gasteiger partial charge in [-0.25, -0.2) is 0 Å². The van der Waals surface area contributed by atoms with Crippen LogP contribution in [0.1, 0.15) is 23.8 Å². The number of rotatable bonds is 4. The van der Waals surface area contributed by atoms with Crippen molar-refractivity contribution in [2.45, 2.75) is 19.2 Å². The van der Waals surface area contributed by atoms with E-state index in [9.17, 15) is 4.79 Å². The van der Waals surface area contributed by atoms with Crippen LogP contribution in [0, 0.1) is 0 Å². The largest absolute Gasteiger partial charge is 0.481 e. The van der Waals surface area contributed by atoms with Gasteiger partial charge in [-0.15, -0.1) is 0 Å². The second kappa shape index (κ2) is 4.54. The first-order valence-electron chi connectivity index (χ1n) is 5.55. The number of aryl methyl sites for hydroxylation is 1. The van der Waals surface area contributed by atoms with Crippen LogP contribution in [-0.2, 0) is 11.2 Å². The summed E-state index contributed by atoms with van der Waals surface area (Å²) in [5, 5.41) is 8.64. The molecule has 0 unspecified atom stereocenters. The van der Waals surface area contributed by atoms with Crippen LogP contribution in [0.25, 0.3) is 0 Å². The smallest absolute Gasteiger partial charge is 0.303 e. The maximum Gasteiger partial charge on any atom is 0.303 e. The van der Waals surface area contributed by atoms with E-state index in [-0.39, 0.29) is 6.42 Å². The molecule has 0 spiro atoms. The molecule has 0 aliphatic heterocycles.